The van der Waals surface area contributed by atoms with Crippen LogP contribution in [-0.4, -0.2) is 4.89 Å². The van der Waals surface area contributed by atoms with Gasteiger partial charge >= 0.3 is 0 Å². The van der Waals surface area contributed by atoms with E-state index in [-0.39, 0.29) is 17.0 Å². The van der Waals surface area contributed by atoms with Crippen molar-refractivity contribution in [1.29, 1.82) is 0 Å². The molecule has 2 nitrogen and oxygen atoms in total. The van der Waals surface area contributed by atoms with Crippen molar-refractivity contribution in [3.05, 3.63) is 60.7 Å². The number of hydrogen-bond donors (Lipinski definition) is 1. The minimum absolute atomic E-state index is 0. The summed E-state index contributed by atoms with van der Waals surface area (Å²) in [4.78, 5) is 10.0. The first-order valence-electron chi connectivity index (χ1n) is 4.65. The summed E-state index contributed by atoms with van der Waals surface area (Å²) < 4.78 is 12.2. The topological polar surface area (TPSA) is 37.3 Å². The van der Waals surface area contributed by atoms with E-state index in [9.17, 15) is 9.46 Å². The third-order valence-electron chi connectivity index (χ3n) is 2.21. The molecule has 2 rings (SSSR count). The fraction of sp³-hybridized carbons (Fsp3) is 0. The standard InChI is InChI=1S/C12H11O2P.BrH/c13-15(14,11-7-3-1-4-8-11)12-9-5-2-6-10-12;/h1-10H,(H,13,14);1H. The summed E-state index contributed by atoms with van der Waals surface area (Å²) in [5, 5.41) is 0.937. The maximum absolute atomic E-state index is 12.2. The van der Waals surface area contributed by atoms with Crippen LogP contribution < -0.4 is 10.6 Å². The van der Waals surface area contributed by atoms with Gasteiger partial charge in [-0.2, -0.15) is 0 Å². The average Bonchev–Trinajstić information content (AvgIpc) is 2.31. The second-order valence-electron chi connectivity index (χ2n) is 3.25. The molecule has 1 N–H and O–H groups in total. The molecule has 0 aliphatic carbocycles. The van der Waals surface area contributed by atoms with E-state index >= 15 is 0 Å². The van der Waals surface area contributed by atoms with Crippen LogP contribution in [0.2, 0.25) is 0 Å². The van der Waals surface area contributed by atoms with Gasteiger partial charge in [-0.15, -0.1) is 17.0 Å². The van der Waals surface area contributed by atoms with E-state index in [2.05, 4.69) is 0 Å². The van der Waals surface area contributed by atoms with Crippen LogP contribution in [0, 0.1) is 0 Å². The van der Waals surface area contributed by atoms with Gasteiger partial charge in [-0.1, -0.05) is 36.4 Å². The molecule has 16 heavy (non-hydrogen) atoms. The van der Waals surface area contributed by atoms with Crippen molar-refractivity contribution in [2.75, 3.05) is 0 Å². The Hall–Kier alpha value is -0.890. The van der Waals surface area contributed by atoms with Gasteiger partial charge in [0.05, 0.1) is 0 Å². The fourth-order valence-electron chi connectivity index (χ4n) is 1.41. The molecular formula is C12H12BrO2P. The fourth-order valence-corrected chi connectivity index (χ4v) is 2.86. The van der Waals surface area contributed by atoms with Crippen LogP contribution in [0.4, 0.5) is 0 Å². The van der Waals surface area contributed by atoms with E-state index in [4.69, 9.17) is 0 Å². The van der Waals surface area contributed by atoms with Crippen LogP contribution in [0.5, 0.6) is 0 Å². The van der Waals surface area contributed by atoms with E-state index in [1.54, 1.807) is 48.5 Å². The Labute approximate surface area is 105 Å². The zero-order valence-electron chi connectivity index (χ0n) is 8.48. The van der Waals surface area contributed by atoms with E-state index in [1.807, 2.05) is 12.1 Å². The normalized spacial score (nSPS) is 10.6. The molecule has 0 aliphatic heterocycles. The highest BCUT2D eigenvalue weighted by Crippen LogP contribution is 2.37. The van der Waals surface area contributed by atoms with Crippen molar-refractivity contribution in [2.24, 2.45) is 0 Å². The van der Waals surface area contributed by atoms with Gasteiger partial charge in [-0.05, 0) is 24.3 Å². The number of benzene rings is 2. The van der Waals surface area contributed by atoms with Gasteiger partial charge in [0, 0.05) is 10.6 Å². The lowest BCUT2D eigenvalue weighted by atomic mass is 10.4. The predicted octanol–water partition coefficient (Wildman–Crippen LogP) is 2.49. The van der Waals surface area contributed by atoms with Gasteiger partial charge in [0.25, 0.3) is 7.37 Å². The number of hydrogen-bond acceptors (Lipinski definition) is 1. The first-order chi connectivity index (χ1) is 7.21. The van der Waals surface area contributed by atoms with Crippen molar-refractivity contribution < 1.29 is 9.46 Å². The smallest absolute Gasteiger partial charge is 0.258 e. The molecule has 0 bridgehead atoms. The predicted molar refractivity (Wildman–Crippen MR) is 72.3 cm³/mol. The minimum Gasteiger partial charge on any atom is -0.338 e. The molecule has 0 fully saturated rings. The van der Waals surface area contributed by atoms with Crippen LogP contribution in [0.1, 0.15) is 0 Å². The number of halogens is 1. The lowest BCUT2D eigenvalue weighted by Gasteiger charge is -2.11. The van der Waals surface area contributed by atoms with E-state index < -0.39 is 7.37 Å². The van der Waals surface area contributed by atoms with Gasteiger partial charge in [0.2, 0.25) is 0 Å². The van der Waals surface area contributed by atoms with Crippen LogP contribution in [0.25, 0.3) is 0 Å². The molecule has 0 aliphatic rings. The lowest BCUT2D eigenvalue weighted by molar-refractivity contribution is 0.501. The van der Waals surface area contributed by atoms with Crippen molar-refractivity contribution in [2.45, 2.75) is 0 Å². The van der Waals surface area contributed by atoms with Gasteiger partial charge < -0.3 is 4.89 Å². The largest absolute Gasteiger partial charge is 0.338 e. The van der Waals surface area contributed by atoms with Crippen molar-refractivity contribution in [1.82, 2.24) is 0 Å². The summed E-state index contributed by atoms with van der Waals surface area (Å²) in [6.45, 7) is 0. The molecule has 0 amide bonds. The Balaban J connectivity index is 0.00000128. The molecule has 84 valence electrons. The third-order valence-corrected chi connectivity index (χ3v) is 4.21. The van der Waals surface area contributed by atoms with Gasteiger partial charge in [0.1, 0.15) is 0 Å². The second kappa shape index (κ2) is 5.44. The maximum atomic E-state index is 12.2. The molecule has 4 heteroatoms. The minimum atomic E-state index is -3.40. The van der Waals surface area contributed by atoms with Gasteiger partial charge in [-0.25, -0.2) is 0 Å². The Bertz CT molecular complexity index is 441. The van der Waals surface area contributed by atoms with Gasteiger partial charge in [-0.3, -0.25) is 4.57 Å². The highest BCUT2D eigenvalue weighted by atomic mass is 79.9. The first-order valence-corrected chi connectivity index (χ1v) is 6.31. The molecule has 0 unspecified atom stereocenters. The molecule has 0 spiro atoms. The lowest BCUT2D eigenvalue weighted by Crippen LogP contribution is -2.14. The highest BCUT2D eigenvalue weighted by molar-refractivity contribution is 8.93. The highest BCUT2D eigenvalue weighted by Gasteiger charge is 2.22. The summed E-state index contributed by atoms with van der Waals surface area (Å²) in [6.07, 6.45) is 0. The first kappa shape index (κ1) is 13.2. The Morgan fingerprint density at radius 2 is 1.06 bits per heavy atom. The molecule has 2 aromatic carbocycles. The van der Waals surface area contributed by atoms with Gasteiger partial charge in [0.15, 0.2) is 0 Å². The molecular weight excluding hydrogens is 287 g/mol. The van der Waals surface area contributed by atoms with Crippen molar-refractivity contribution in [3.63, 3.8) is 0 Å². The van der Waals surface area contributed by atoms with Crippen molar-refractivity contribution in [3.8, 4) is 0 Å². The van der Waals surface area contributed by atoms with Crippen molar-refractivity contribution >= 4 is 35.0 Å². The third kappa shape index (κ3) is 2.62. The summed E-state index contributed by atoms with van der Waals surface area (Å²) in [7, 11) is -3.40. The quantitative estimate of drug-likeness (QED) is 0.865. The van der Waals surface area contributed by atoms with Crippen LogP contribution in [-0.2, 0) is 4.57 Å². The molecule has 0 saturated carbocycles. The second-order valence-corrected chi connectivity index (χ2v) is 5.43. The molecule has 0 aromatic heterocycles. The molecule has 0 radical (unpaired) electrons. The zero-order chi connectivity index (χ0) is 10.7. The summed E-state index contributed by atoms with van der Waals surface area (Å²) in [5.41, 5.74) is 0. The van der Waals surface area contributed by atoms with Crippen LogP contribution in [0.15, 0.2) is 60.7 Å². The van der Waals surface area contributed by atoms with E-state index in [0.717, 1.165) is 0 Å². The van der Waals surface area contributed by atoms with Crippen LogP contribution in [0.3, 0.4) is 0 Å². The number of rotatable bonds is 2. The Kier molecular flexibility index (Phi) is 4.48. The van der Waals surface area contributed by atoms with E-state index in [1.165, 1.54) is 0 Å². The monoisotopic (exact) mass is 298 g/mol. The maximum Gasteiger partial charge on any atom is 0.258 e. The molecule has 0 atom stereocenters. The average molecular weight is 299 g/mol. The zero-order valence-corrected chi connectivity index (χ0v) is 11.1. The summed E-state index contributed by atoms with van der Waals surface area (Å²) in [6, 6.07) is 17.4. The van der Waals surface area contributed by atoms with E-state index in [0.29, 0.717) is 10.6 Å². The molecule has 0 saturated heterocycles. The molecule has 0 heterocycles. The summed E-state index contributed by atoms with van der Waals surface area (Å²) >= 11 is 0. The van der Waals surface area contributed by atoms with Crippen LogP contribution >= 0.6 is 24.4 Å². The Morgan fingerprint density at radius 1 is 0.750 bits per heavy atom. The Morgan fingerprint density at radius 3 is 1.38 bits per heavy atom. The molecule has 2 aromatic rings. The SMILES string of the molecule is Br.O=P(O)(c1ccccc1)c1ccccc1. The summed E-state index contributed by atoms with van der Waals surface area (Å²) in [5.74, 6) is 0.